The van der Waals surface area contributed by atoms with Crippen LogP contribution < -0.4 is 5.32 Å². The molecule has 0 atom stereocenters. The number of anilines is 1. The number of nitrogens with zero attached hydrogens (tertiary/aromatic N) is 1. The zero-order chi connectivity index (χ0) is 19.2. The number of aromatic nitrogens is 1. The molecule has 0 bridgehead atoms. The molecule has 0 saturated carbocycles. The number of thiazole rings is 1. The lowest BCUT2D eigenvalue weighted by atomic mass is 10.3. The number of rotatable bonds is 6. The van der Waals surface area contributed by atoms with E-state index >= 15 is 0 Å². The van der Waals surface area contributed by atoms with Crippen molar-refractivity contribution in [2.24, 2.45) is 0 Å². The van der Waals surface area contributed by atoms with E-state index in [1.165, 1.54) is 17.5 Å². The predicted octanol–water partition coefficient (Wildman–Crippen LogP) is 5.16. The normalized spacial score (nSPS) is 10.4. The first-order valence-electron chi connectivity index (χ1n) is 7.92. The maximum Gasteiger partial charge on any atom is 0.350 e. The van der Waals surface area contributed by atoms with E-state index < -0.39 is 11.9 Å². The van der Waals surface area contributed by atoms with Crippen molar-refractivity contribution in [2.75, 3.05) is 11.9 Å². The van der Waals surface area contributed by atoms with Gasteiger partial charge in [0.1, 0.15) is 4.88 Å². The maximum atomic E-state index is 12.0. The highest BCUT2D eigenvalue weighted by Crippen LogP contribution is 2.29. The average molecular weight is 463 g/mol. The van der Waals surface area contributed by atoms with Crippen LogP contribution in [0.4, 0.5) is 5.69 Å². The van der Waals surface area contributed by atoms with E-state index in [4.69, 9.17) is 4.74 Å². The first-order valence-corrected chi connectivity index (χ1v) is 10.3. The largest absolute Gasteiger partial charge is 0.451 e. The number of hydrogen-bond acceptors (Lipinski definition) is 6. The van der Waals surface area contributed by atoms with Crippen LogP contribution in [-0.2, 0) is 9.53 Å². The Morgan fingerprint density at radius 3 is 2.33 bits per heavy atom. The van der Waals surface area contributed by atoms with Crippen LogP contribution in [-0.4, -0.2) is 23.5 Å². The summed E-state index contributed by atoms with van der Waals surface area (Å²) >= 11 is 6.28. The molecule has 3 rings (SSSR count). The zero-order valence-corrected chi connectivity index (χ0v) is 17.5. The fourth-order valence-corrected chi connectivity index (χ4v) is 3.85. The van der Waals surface area contributed by atoms with Crippen molar-refractivity contribution in [3.8, 4) is 0 Å². The maximum absolute atomic E-state index is 12.0. The molecule has 0 radical (unpaired) electrons. The lowest BCUT2D eigenvalue weighted by Gasteiger charge is -2.07. The SMILES string of the molecule is Cc1ncc(C(=O)OCC(=O)Nc2ccc(Sc3ccc(Br)cc3)cc2)s1. The van der Waals surface area contributed by atoms with Crippen LogP contribution in [0.5, 0.6) is 0 Å². The highest BCUT2D eigenvalue weighted by atomic mass is 79.9. The lowest BCUT2D eigenvalue weighted by Crippen LogP contribution is -2.20. The van der Waals surface area contributed by atoms with Crippen molar-refractivity contribution in [3.63, 3.8) is 0 Å². The van der Waals surface area contributed by atoms with Crippen LogP contribution in [0, 0.1) is 6.92 Å². The van der Waals surface area contributed by atoms with Crippen molar-refractivity contribution < 1.29 is 14.3 Å². The number of halogens is 1. The van der Waals surface area contributed by atoms with Gasteiger partial charge in [-0.25, -0.2) is 9.78 Å². The molecule has 1 aromatic heterocycles. The quantitative estimate of drug-likeness (QED) is 0.512. The van der Waals surface area contributed by atoms with Gasteiger partial charge in [0.15, 0.2) is 6.61 Å². The number of aryl methyl sites for hydroxylation is 1. The number of benzene rings is 2. The number of carbonyl (C=O) groups is 2. The Balaban J connectivity index is 1.49. The monoisotopic (exact) mass is 462 g/mol. The summed E-state index contributed by atoms with van der Waals surface area (Å²) in [6.07, 6.45) is 1.45. The summed E-state index contributed by atoms with van der Waals surface area (Å²) in [5.41, 5.74) is 0.643. The molecule has 0 fully saturated rings. The highest BCUT2D eigenvalue weighted by molar-refractivity contribution is 9.10. The summed E-state index contributed by atoms with van der Waals surface area (Å²) in [5, 5.41) is 3.48. The Kier molecular flexibility index (Phi) is 6.65. The highest BCUT2D eigenvalue weighted by Gasteiger charge is 2.13. The minimum absolute atomic E-state index is 0.342. The molecule has 3 aromatic rings. The van der Waals surface area contributed by atoms with Gasteiger partial charge in [-0.05, 0) is 55.5 Å². The molecule has 5 nitrogen and oxygen atoms in total. The number of nitrogens with one attached hydrogen (secondary N) is 1. The van der Waals surface area contributed by atoms with Crippen LogP contribution in [0.2, 0.25) is 0 Å². The fourth-order valence-electron chi connectivity index (χ4n) is 2.10. The standard InChI is InChI=1S/C19H15BrN2O3S2/c1-12-21-10-17(26-12)19(24)25-11-18(23)22-14-4-8-16(9-5-14)27-15-6-2-13(20)3-7-15/h2-10H,11H2,1H3,(H,22,23). The molecule has 0 aliphatic heterocycles. The molecule has 0 aliphatic rings. The van der Waals surface area contributed by atoms with E-state index in [9.17, 15) is 9.59 Å². The van der Waals surface area contributed by atoms with Crippen molar-refractivity contribution in [1.29, 1.82) is 0 Å². The fraction of sp³-hybridized carbons (Fsp3) is 0.105. The Bertz CT molecular complexity index is 940. The van der Waals surface area contributed by atoms with Gasteiger partial charge in [0, 0.05) is 20.0 Å². The van der Waals surface area contributed by atoms with E-state index in [0.29, 0.717) is 10.6 Å². The van der Waals surface area contributed by atoms with E-state index in [1.807, 2.05) is 48.5 Å². The molecule has 0 aliphatic carbocycles. The van der Waals surface area contributed by atoms with Crippen LogP contribution in [0.3, 0.4) is 0 Å². The van der Waals surface area contributed by atoms with E-state index in [2.05, 4.69) is 26.2 Å². The van der Waals surface area contributed by atoms with Crippen LogP contribution in [0.1, 0.15) is 14.7 Å². The van der Waals surface area contributed by atoms with Gasteiger partial charge in [-0.15, -0.1) is 11.3 Å². The van der Waals surface area contributed by atoms with E-state index in [1.54, 1.807) is 18.7 Å². The first kappa shape index (κ1) is 19.6. The Morgan fingerprint density at radius 1 is 1.11 bits per heavy atom. The number of esters is 1. The third kappa shape index (κ3) is 5.92. The molecule has 1 heterocycles. The van der Waals surface area contributed by atoms with Crippen LogP contribution in [0.15, 0.2) is 69.0 Å². The molecule has 8 heteroatoms. The molecule has 0 unspecified atom stereocenters. The van der Waals surface area contributed by atoms with Gasteiger partial charge >= 0.3 is 5.97 Å². The molecule has 0 saturated heterocycles. The summed E-state index contributed by atoms with van der Waals surface area (Å²) in [7, 11) is 0. The molecule has 1 N–H and O–H groups in total. The van der Waals surface area contributed by atoms with Gasteiger partial charge in [0.25, 0.3) is 5.91 Å². The third-order valence-corrected chi connectivity index (χ3v) is 5.78. The van der Waals surface area contributed by atoms with Crippen molar-refractivity contribution in [1.82, 2.24) is 4.98 Å². The smallest absolute Gasteiger partial charge is 0.350 e. The number of amides is 1. The van der Waals surface area contributed by atoms with Gasteiger partial charge in [-0.3, -0.25) is 4.79 Å². The summed E-state index contributed by atoms with van der Waals surface area (Å²) in [5.74, 6) is -0.935. The minimum Gasteiger partial charge on any atom is -0.451 e. The van der Waals surface area contributed by atoms with Crippen LogP contribution >= 0.6 is 39.0 Å². The molecule has 2 aromatic carbocycles. The van der Waals surface area contributed by atoms with Gasteiger partial charge in [0.2, 0.25) is 0 Å². The lowest BCUT2D eigenvalue weighted by molar-refractivity contribution is -0.119. The zero-order valence-electron chi connectivity index (χ0n) is 14.3. The average Bonchev–Trinajstić information content (AvgIpc) is 3.10. The summed E-state index contributed by atoms with van der Waals surface area (Å²) in [6, 6.07) is 15.5. The third-order valence-electron chi connectivity index (χ3n) is 3.34. The van der Waals surface area contributed by atoms with Gasteiger partial charge in [0.05, 0.1) is 11.2 Å². The molecular weight excluding hydrogens is 448 g/mol. The first-order chi connectivity index (χ1) is 13.0. The second kappa shape index (κ2) is 9.16. The molecule has 1 amide bonds. The van der Waals surface area contributed by atoms with Gasteiger partial charge in [-0.1, -0.05) is 27.7 Å². The summed E-state index contributed by atoms with van der Waals surface area (Å²) < 4.78 is 6.04. The Morgan fingerprint density at radius 2 is 1.74 bits per heavy atom. The predicted molar refractivity (Wildman–Crippen MR) is 110 cm³/mol. The van der Waals surface area contributed by atoms with Crippen molar-refractivity contribution in [2.45, 2.75) is 16.7 Å². The van der Waals surface area contributed by atoms with E-state index in [-0.39, 0.29) is 6.61 Å². The molecule has 27 heavy (non-hydrogen) atoms. The topological polar surface area (TPSA) is 68.3 Å². The number of hydrogen-bond donors (Lipinski definition) is 1. The van der Waals surface area contributed by atoms with Gasteiger partial charge < -0.3 is 10.1 Å². The second-order valence-electron chi connectivity index (χ2n) is 5.45. The number of ether oxygens (including phenoxy) is 1. The van der Waals surface area contributed by atoms with Gasteiger partial charge in [-0.2, -0.15) is 0 Å². The second-order valence-corrected chi connectivity index (χ2v) is 8.75. The Labute approximate surface area is 173 Å². The molecule has 0 spiro atoms. The number of carbonyl (C=O) groups excluding carboxylic acids is 2. The van der Waals surface area contributed by atoms with Crippen molar-refractivity contribution in [3.05, 3.63) is 69.1 Å². The summed E-state index contributed by atoms with van der Waals surface area (Å²) in [4.78, 5) is 30.3. The van der Waals surface area contributed by atoms with Crippen LogP contribution in [0.25, 0.3) is 0 Å². The Hall–Kier alpha value is -2.16. The van der Waals surface area contributed by atoms with E-state index in [0.717, 1.165) is 19.3 Å². The molecule has 138 valence electrons. The minimum atomic E-state index is -0.544. The van der Waals surface area contributed by atoms with Crippen molar-refractivity contribution >= 4 is 56.6 Å². The summed E-state index contributed by atoms with van der Waals surface area (Å²) in [6.45, 7) is 1.46. The molecular formula is C19H15BrN2O3S2.